The van der Waals surface area contributed by atoms with E-state index in [1.54, 1.807) is 18.1 Å². The lowest BCUT2D eigenvalue weighted by atomic mass is 10.1. The van der Waals surface area contributed by atoms with Gasteiger partial charge in [-0.05, 0) is 31.9 Å². The van der Waals surface area contributed by atoms with E-state index in [1.165, 1.54) is 0 Å². The van der Waals surface area contributed by atoms with Crippen LogP contribution in [0, 0.1) is 6.92 Å². The third-order valence-electron chi connectivity index (χ3n) is 5.04. The van der Waals surface area contributed by atoms with Crippen LogP contribution < -0.4 is 0 Å². The normalized spacial score (nSPS) is 18.1. The smallest absolute Gasteiger partial charge is 0.255 e. The molecule has 1 amide bonds. The van der Waals surface area contributed by atoms with Crippen LogP contribution in [0.25, 0.3) is 11.3 Å². The molecule has 1 fully saturated rings. The van der Waals surface area contributed by atoms with E-state index in [2.05, 4.69) is 4.98 Å². The van der Waals surface area contributed by atoms with Gasteiger partial charge in [0.25, 0.3) is 5.91 Å². The zero-order valence-electron chi connectivity index (χ0n) is 16.3. The topological polar surface area (TPSA) is 76.6 Å². The van der Waals surface area contributed by atoms with Gasteiger partial charge in [0, 0.05) is 31.9 Å². The van der Waals surface area contributed by atoms with Crippen LogP contribution in [0.15, 0.2) is 42.5 Å². The number of ether oxygens (including phenoxy) is 1. The van der Waals surface area contributed by atoms with Crippen molar-refractivity contribution in [3.63, 3.8) is 0 Å². The van der Waals surface area contributed by atoms with Crippen LogP contribution in [0.2, 0.25) is 0 Å². The zero-order chi connectivity index (χ0) is 20.1. The Morgan fingerprint density at radius 2 is 1.96 bits per heavy atom. The van der Waals surface area contributed by atoms with Crippen molar-refractivity contribution in [2.24, 2.45) is 0 Å². The molecule has 1 aromatic heterocycles. The molecule has 150 valence electrons. The van der Waals surface area contributed by atoms with E-state index in [0.717, 1.165) is 11.3 Å². The minimum Gasteiger partial charge on any atom is -0.385 e. The minimum absolute atomic E-state index is 0.0281. The fraction of sp³-hybridized carbons (Fsp3) is 0.429. The monoisotopic (exact) mass is 402 g/mol. The van der Waals surface area contributed by atoms with E-state index in [-0.39, 0.29) is 23.5 Å². The average molecular weight is 403 g/mol. The second-order valence-electron chi connectivity index (χ2n) is 7.10. The Kier molecular flexibility index (Phi) is 6.46. The summed E-state index contributed by atoms with van der Waals surface area (Å²) < 4.78 is 29.0. The molecule has 2 aromatic rings. The predicted octanol–water partition coefficient (Wildman–Crippen LogP) is 2.72. The van der Waals surface area contributed by atoms with E-state index in [0.29, 0.717) is 37.3 Å². The quantitative estimate of drug-likeness (QED) is 0.666. The SMILES string of the molecule is COCCCN(C(=O)c1ccc(-c2ccccc2)nc1C)C1CCS(=O)(=O)C1. The van der Waals surface area contributed by atoms with Gasteiger partial charge in [0.15, 0.2) is 9.84 Å². The summed E-state index contributed by atoms with van der Waals surface area (Å²) >= 11 is 0. The van der Waals surface area contributed by atoms with E-state index in [1.807, 2.05) is 43.3 Å². The summed E-state index contributed by atoms with van der Waals surface area (Å²) in [6.07, 6.45) is 1.14. The van der Waals surface area contributed by atoms with Gasteiger partial charge < -0.3 is 9.64 Å². The van der Waals surface area contributed by atoms with Gasteiger partial charge in [-0.2, -0.15) is 0 Å². The van der Waals surface area contributed by atoms with Gasteiger partial charge in [-0.1, -0.05) is 30.3 Å². The molecule has 7 heteroatoms. The highest BCUT2D eigenvalue weighted by Gasteiger charge is 2.35. The molecule has 0 spiro atoms. The number of benzene rings is 1. The second-order valence-corrected chi connectivity index (χ2v) is 9.33. The lowest BCUT2D eigenvalue weighted by Crippen LogP contribution is -2.42. The Morgan fingerprint density at radius 3 is 2.57 bits per heavy atom. The maximum absolute atomic E-state index is 13.3. The Morgan fingerprint density at radius 1 is 1.21 bits per heavy atom. The molecule has 6 nitrogen and oxygen atoms in total. The minimum atomic E-state index is -3.08. The summed E-state index contributed by atoms with van der Waals surface area (Å²) in [5.74, 6) is -0.00116. The molecule has 1 aliphatic rings. The van der Waals surface area contributed by atoms with Crippen LogP contribution in [0.4, 0.5) is 0 Å². The van der Waals surface area contributed by atoms with E-state index < -0.39 is 9.84 Å². The molecular weight excluding hydrogens is 376 g/mol. The zero-order valence-corrected chi connectivity index (χ0v) is 17.1. The van der Waals surface area contributed by atoms with Crippen molar-refractivity contribution in [2.75, 3.05) is 31.8 Å². The first-order valence-corrected chi connectivity index (χ1v) is 11.3. The van der Waals surface area contributed by atoms with Crippen molar-refractivity contribution in [2.45, 2.75) is 25.8 Å². The summed E-state index contributed by atoms with van der Waals surface area (Å²) in [5.41, 5.74) is 2.96. The molecule has 0 bridgehead atoms. The summed E-state index contributed by atoms with van der Waals surface area (Å²) in [6.45, 7) is 2.80. The van der Waals surface area contributed by atoms with Crippen molar-refractivity contribution < 1.29 is 17.9 Å². The highest BCUT2D eigenvalue weighted by atomic mass is 32.2. The number of aryl methyl sites for hydroxylation is 1. The number of hydrogen-bond acceptors (Lipinski definition) is 5. The number of carbonyl (C=O) groups excluding carboxylic acids is 1. The van der Waals surface area contributed by atoms with Gasteiger partial charge in [-0.15, -0.1) is 0 Å². The van der Waals surface area contributed by atoms with Gasteiger partial charge in [-0.3, -0.25) is 9.78 Å². The lowest BCUT2D eigenvalue weighted by Gasteiger charge is -2.29. The summed E-state index contributed by atoms with van der Waals surface area (Å²) in [5, 5.41) is 0. The van der Waals surface area contributed by atoms with Crippen molar-refractivity contribution >= 4 is 15.7 Å². The first-order chi connectivity index (χ1) is 13.4. The molecule has 0 aliphatic carbocycles. The number of hydrogen-bond donors (Lipinski definition) is 0. The number of nitrogens with zero attached hydrogens (tertiary/aromatic N) is 2. The molecule has 1 unspecified atom stereocenters. The molecule has 1 saturated heterocycles. The lowest BCUT2D eigenvalue weighted by molar-refractivity contribution is 0.0673. The van der Waals surface area contributed by atoms with Crippen molar-refractivity contribution in [1.29, 1.82) is 0 Å². The van der Waals surface area contributed by atoms with Crippen molar-refractivity contribution in [3.8, 4) is 11.3 Å². The molecule has 0 saturated carbocycles. The molecule has 28 heavy (non-hydrogen) atoms. The number of methoxy groups -OCH3 is 1. The first kappa shape index (κ1) is 20.5. The number of carbonyl (C=O) groups is 1. The van der Waals surface area contributed by atoms with E-state index in [4.69, 9.17) is 4.74 Å². The Bertz CT molecular complexity index is 929. The van der Waals surface area contributed by atoms with Gasteiger partial charge >= 0.3 is 0 Å². The summed E-state index contributed by atoms with van der Waals surface area (Å²) in [6, 6.07) is 13.1. The van der Waals surface area contributed by atoms with Crippen molar-refractivity contribution in [1.82, 2.24) is 9.88 Å². The van der Waals surface area contributed by atoms with Crippen LogP contribution >= 0.6 is 0 Å². The average Bonchev–Trinajstić information content (AvgIpc) is 3.05. The van der Waals surface area contributed by atoms with Crippen LogP contribution in [-0.4, -0.2) is 62.0 Å². The molecule has 3 rings (SSSR count). The van der Waals surface area contributed by atoms with Crippen LogP contribution in [0.5, 0.6) is 0 Å². The molecule has 2 heterocycles. The highest BCUT2D eigenvalue weighted by molar-refractivity contribution is 7.91. The standard InChI is InChI=1S/C21H26N2O4S/c1-16-19(9-10-20(22-16)17-7-4-3-5-8-17)21(24)23(12-6-13-27-2)18-11-14-28(25,26)15-18/h3-5,7-10,18H,6,11-15H2,1-2H3. The van der Waals surface area contributed by atoms with E-state index in [9.17, 15) is 13.2 Å². The third kappa shape index (κ3) is 4.77. The molecule has 0 radical (unpaired) electrons. The Labute approximate surface area is 166 Å². The summed E-state index contributed by atoms with van der Waals surface area (Å²) in [4.78, 5) is 19.6. The van der Waals surface area contributed by atoms with Gasteiger partial charge in [0.1, 0.15) is 0 Å². The Balaban J connectivity index is 1.85. The van der Waals surface area contributed by atoms with Gasteiger partial charge in [0.2, 0.25) is 0 Å². The predicted molar refractivity (Wildman–Crippen MR) is 109 cm³/mol. The van der Waals surface area contributed by atoms with Gasteiger partial charge in [0.05, 0.1) is 28.5 Å². The highest BCUT2D eigenvalue weighted by Crippen LogP contribution is 2.23. The van der Waals surface area contributed by atoms with Crippen LogP contribution in [-0.2, 0) is 14.6 Å². The van der Waals surface area contributed by atoms with E-state index >= 15 is 0 Å². The number of amides is 1. The van der Waals surface area contributed by atoms with Crippen molar-refractivity contribution in [3.05, 3.63) is 53.7 Å². The maximum atomic E-state index is 13.3. The first-order valence-electron chi connectivity index (χ1n) is 9.44. The number of sulfone groups is 1. The molecular formula is C21H26N2O4S. The fourth-order valence-corrected chi connectivity index (χ4v) is 5.29. The number of aromatic nitrogens is 1. The maximum Gasteiger partial charge on any atom is 0.255 e. The third-order valence-corrected chi connectivity index (χ3v) is 6.79. The fourth-order valence-electron chi connectivity index (χ4n) is 3.56. The Hall–Kier alpha value is -2.25. The molecule has 1 aromatic carbocycles. The molecule has 1 aliphatic heterocycles. The second kappa shape index (κ2) is 8.84. The number of rotatable bonds is 7. The van der Waals surface area contributed by atoms with Crippen LogP contribution in [0.1, 0.15) is 28.9 Å². The molecule has 0 N–H and O–H groups in total. The number of pyridine rings is 1. The largest absolute Gasteiger partial charge is 0.385 e. The summed E-state index contributed by atoms with van der Waals surface area (Å²) in [7, 11) is -1.47. The van der Waals surface area contributed by atoms with Crippen LogP contribution in [0.3, 0.4) is 0 Å². The van der Waals surface area contributed by atoms with Gasteiger partial charge in [-0.25, -0.2) is 8.42 Å². The molecule has 1 atom stereocenters.